The van der Waals surface area contributed by atoms with Gasteiger partial charge in [-0.15, -0.1) is 0 Å². The lowest BCUT2D eigenvalue weighted by Crippen LogP contribution is -2.17. The van der Waals surface area contributed by atoms with Gasteiger partial charge in [0.05, 0.1) is 30.2 Å². The number of hydrogen-bond donors (Lipinski definition) is 1. The third-order valence-corrected chi connectivity index (χ3v) is 5.47. The van der Waals surface area contributed by atoms with Crippen molar-refractivity contribution in [2.75, 3.05) is 5.32 Å². The summed E-state index contributed by atoms with van der Waals surface area (Å²) in [6.07, 6.45) is 5.00. The highest BCUT2D eigenvalue weighted by atomic mass is 19.1. The molecule has 0 atom stereocenters. The van der Waals surface area contributed by atoms with Crippen LogP contribution in [0.3, 0.4) is 0 Å². The Morgan fingerprint density at radius 3 is 2.81 bits per heavy atom. The molecule has 6 nitrogen and oxygen atoms in total. The topological polar surface area (TPSA) is 65.0 Å². The number of fused-ring (bicyclic) bond motifs is 1. The zero-order valence-electron chi connectivity index (χ0n) is 17.5. The van der Waals surface area contributed by atoms with E-state index < -0.39 is 0 Å². The number of rotatable bonds is 6. The van der Waals surface area contributed by atoms with E-state index in [4.69, 9.17) is 4.42 Å². The summed E-state index contributed by atoms with van der Waals surface area (Å²) in [5.41, 5.74) is 5.50. The van der Waals surface area contributed by atoms with Gasteiger partial charge < -0.3 is 14.3 Å². The molecule has 3 aromatic heterocycles. The van der Waals surface area contributed by atoms with Crippen LogP contribution in [0.15, 0.2) is 83.7 Å². The summed E-state index contributed by atoms with van der Waals surface area (Å²) in [5, 5.41) is 7.28. The molecule has 0 aliphatic heterocycles. The van der Waals surface area contributed by atoms with Gasteiger partial charge in [0.2, 0.25) is 0 Å². The van der Waals surface area contributed by atoms with Gasteiger partial charge in [-0.05, 0) is 35.7 Å². The van der Waals surface area contributed by atoms with Crippen molar-refractivity contribution in [1.82, 2.24) is 14.3 Å². The highest BCUT2D eigenvalue weighted by Gasteiger charge is 2.18. The summed E-state index contributed by atoms with van der Waals surface area (Å²) in [6.45, 7) is 3.02. The van der Waals surface area contributed by atoms with E-state index >= 15 is 0 Å². The Morgan fingerprint density at radius 1 is 1.09 bits per heavy atom. The van der Waals surface area contributed by atoms with Crippen LogP contribution in [0.2, 0.25) is 0 Å². The molecule has 0 radical (unpaired) electrons. The second-order valence-electron chi connectivity index (χ2n) is 7.72. The second kappa shape index (κ2) is 8.19. The van der Waals surface area contributed by atoms with E-state index in [1.165, 1.54) is 17.7 Å². The zero-order valence-corrected chi connectivity index (χ0v) is 17.5. The van der Waals surface area contributed by atoms with Crippen molar-refractivity contribution in [3.05, 3.63) is 108 Å². The monoisotopic (exact) mass is 428 g/mol. The molecule has 0 fully saturated rings. The minimum absolute atomic E-state index is 0.289. The Bertz CT molecular complexity index is 1410. The molecule has 0 saturated carbocycles. The largest absolute Gasteiger partial charge is 0.463 e. The quantitative estimate of drug-likeness (QED) is 0.403. The summed E-state index contributed by atoms with van der Waals surface area (Å²) in [6, 6.07) is 18.0. The average Bonchev–Trinajstić information content (AvgIpc) is 3.48. The number of amides is 1. The zero-order chi connectivity index (χ0) is 22.1. The fourth-order valence-corrected chi connectivity index (χ4v) is 3.83. The molecule has 0 aliphatic carbocycles. The number of nitrogens with zero attached hydrogens (tertiary/aromatic N) is 3. The van der Waals surface area contributed by atoms with E-state index in [2.05, 4.69) is 29.5 Å². The molecule has 0 bridgehead atoms. The SMILES string of the molecule is Cc1ccccc1Cn1cc(NC(=O)c2cc3occc3n2Cc2cccc(F)c2)cn1. The van der Waals surface area contributed by atoms with Gasteiger partial charge >= 0.3 is 0 Å². The number of aryl methyl sites for hydroxylation is 1. The van der Waals surface area contributed by atoms with E-state index in [0.717, 1.165) is 16.6 Å². The molecule has 0 spiro atoms. The van der Waals surface area contributed by atoms with Gasteiger partial charge in [0.15, 0.2) is 5.58 Å². The Labute approximate surface area is 183 Å². The molecular formula is C25H21FN4O2. The van der Waals surface area contributed by atoms with Crippen LogP contribution < -0.4 is 5.32 Å². The van der Waals surface area contributed by atoms with E-state index in [-0.39, 0.29) is 11.7 Å². The second-order valence-corrected chi connectivity index (χ2v) is 7.72. The van der Waals surface area contributed by atoms with E-state index in [9.17, 15) is 9.18 Å². The van der Waals surface area contributed by atoms with Crippen LogP contribution in [0, 0.1) is 12.7 Å². The van der Waals surface area contributed by atoms with Gasteiger partial charge in [-0.3, -0.25) is 9.48 Å². The third-order valence-electron chi connectivity index (χ3n) is 5.47. The van der Waals surface area contributed by atoms with Gasteiger partial charge in [-0.1, -0.05) is 36.4 Å². The van der Waals surface area contributed by atoms with Crippen molar-refractivity contribution < 1.29 is 13.6 Å². The van der Waals surface area contributed by atoms with Gasteiger partial charge in [-0.25, -0.2) is 4.39 Å². The van der Waals surface area contributed by atoms with Crippen LogP contribution >= 0.6 is 0 Å². The molecule has 7 heteroatoms. The van der Waals surface area contributed by atoms with Crippen LogP contribution in [-0.4, -0.2) is 20.3 Å². The molecule has 5 rings (SSSR count). The van der Waals surface area contributed by atoms with Crippen LogP contribution in [0.4, 0.5) is 10.1 Å². The first-order valence-electron chi connectivity index (χ1n) is 10.3. The van der Waals surface area contributed by atoms with Gasteiger partial charge in [0, 0.05) is 24.9 Å². The van der Waals surface area contributed by atoms with Crippen molar-refractivity contribution >= 4 is 22.7 Å². The highest BCUT2D eigenvalue weighted by molar-refractivity contribution is 6.05. The number of nitrogens with one attached hydrogen (secondary N) is 1. The predicted octanol–water partition coefficient (Wildman–Crippen LogP) is 5.23. The first-order chi connectivity index (χ1) is 15.6. The Kier molecular flexibility index (Phi) is 5.07. The summed E-state index contributed by atoms with van der Waals surface area (Å²) in [4.78, 5) is 13.1. The number of aromatic nitrogens is 3. The van der Waals surface area contributed by atoms with Crippen molar-refractivity contribution in [3.63, 3.8) is 0 Å². The number of carbonyl (C=O) groups excluding carboxylic acids is 1. The summed E-state index contributed by atoms with van der Waals surface area (Å²) in [7, 11) is 0. The lowest BCUT2D eigenvalue weighted by atomic mass is 10.1. The molecule has 32 heavy (non-hydrogen) atoms. The smallest absolute Gasteiger partial charge is 0.272 e. The minimum atomic E-state index is -0.315. The summed E-state index contributed by atoms with van der Waals surface area (Å²) in [5.74, 6) is -0.603. The van der Waals surface area contributed by atoms with Crippen molar-refractivity contribution in [1.29, 1.82) is 0 Å². The van der Waals surface area contributed by atoms with E-state index in [1.54, 1.807) is 41.5 Å². The maximum absolute atomic E-state index is 13.7. The molecule has 2 aromatic carbocycles. The van der Waals surface area contributed by atoms with Crippen molar-refractivity contribution in [2.24, 2.45) is 0 Å². The average molecular weight is 428 g/mol. The highest BCUT2D eigenvalue weighted by Crippen LogP contribution is 2.24. The summed E-state index contributed by atoms with van der Waals surface area (Å²) < 4.78 is 22.8. The van der Waals surface area contributed by atoms with Crippen LogP contribution in [0.5, 0.6) is 0 Å². The molecular weight excluding hydrogens is 407 g/mol. The number of benzene rings is 2. The first kappa shape index (κ1) is 19.8. The van der Waals surface area contributed by atoms with Crippen LogP contribution in [-0.2, 0) is 13.1 Å². The van der Waals surface area contributed by atoms with Gasteiger partial charge in [-0.2, -0.15) is 5.10 Å². The number of carbonyl (C=O) groups is 1. The molecule has 5 aromatic rings. The number of hydrogen-bond acceptors (Lipinski definition) is 3. The number of halogens is 1. The normalized spacial score (nSPS) is 11.2. The standard InChI is InChI=1S/C25H21FN4O2/c1-17-5-2-3-7-19(17)15-29-16-21(13-27-29)28-25(31)23-12-24-22(9-10-32-24)30(23)14-18-6-4-8-20(26)11-18/h2-13,16H,14-15H2,1H3,(H,28,31). The number of anilines is 1. The molecule has 3 heterocycles. The molecule has 0 unspecified atom stereocenters. The molecule has 1 N–H and O–H groups in total. The predicted molar refractivity (Wildman–Crippen MR) is 120 cm³/mol. The molecule has 0 saturated heterocycles. The van der Waals surface area contributed by atoms with Gasteiger partial charge in [0.1, 0.15) is 11.5 Å². The fourth-order valence-electron chi connectivity index (χ4n) is 3.83. The van der Waals surface area contributed by atoms with Crippen LogP contribution in [0.1, 0.15) is 27.2 Å². The number of furan rings is 1. The Balaban J connectivity index is 1.38. The van der Waals surface area contributed by atoms with Crippen molar-refractivity contribution in [3.8, 4) is 0 Å². The maximum atomic E-state index is 13.7. The Hall–Kier alpha value is -4.13. The molecule has 1 amide bonds. The molecule has 160 valence electrons. The minimum Gasteiger partial charge on any atom is -0.463 e. The van der Waals surface area contributed by atoms with Gasteiger partial charge in [0.25, 0.3) is 5.91 Å². The third kappa shape index (κ3) is 3.92. The summed E-state index contributed by atoms with van der Waals surface area (Å²) >= 11 is 0. The lowest BCUT2D eigenvalue weighted by Gasteiger charge is -2.10. The lowest BCUT2D eigenvalue weighted by molar-refractivity contribution is 0.101. The first-order valence-corrected chi connectivity index (χ1v) is 10.3. The molecule has 0 aliphatic rings. The van der Waals surface area contributed by atoms with Crippen molar-refractivity contribution in [2.45, 2.75) is 20.0 Å². The Morgan fingerprint density at radius 2 is 1.97 bits per heavy atom. The fraction of sp³-hybridized carbons (Fsp3) is 0.120. The van der Waals surface area contributed by atoms with E-state index in [1.807, 2.05) is 22.8 Å². The van der Waals surface area contributed by atoms with E-state index in [0.29, 0.717) is 30.1 Å². The van der Waals surface area contributed by atoms with Crippen LogP contribution in [0.25, 0.3) is 11.1 Å². The maximum Gasteiger partial charge on any atom is 0.272 e.